The first-order valence-electron chi connectivity index (χ1n) is 8.09. The Morgan fingerprint density at radius 1 is 1.12 bits per heavy atom. The maximum absolute atomic E-state index is 10.1. The van der Waals surface area contributed by atoms with Gasteiger partial charge < -0.3 is 21.1 Å². The van der Waals surface area contributed by atoms with Gasteiger partial charge in [-0.05, 0) is 37.1 Å². The summed E-state index contributed by atoms with van der Waals surface area (Å²) in [5.74, 6) is 1.10. The lowest BCUT2D eigenvalue weighted by molar-refractivity contribution is 0.472. The van der Waals surface area contributed by atoms with Crippen LogP contribution in [0.2, 0.25) is 0 Å². The van der Waals surface area contributed by atoms with Gasteiger partial charge in [0, 0.05) is 17.4 Å². The van der Waals surface area contributed by atoms with Crippen molar-refractivity contribution in [1.82, 2.24) is 15.0 Å². The molecule has 0 amide bonds. The van der Waals surface area contributed by atoms with E-state index in [0.717, 1.165) is 27.4 Å². The van der Waals surface area contributed by atoms with Crippen molar-refractivity contribution in [3.05, 3.63) is 53.1 Å². The molecule has 0 spiro atoms. The molecule has 0 aliphatic heterocycles. The number of nitrogens with zero attached hydrogens (tertiary/aromatic N) is 2. The second kappa shape index (κ2) is 5.66. The SMILES string of the molecule is Cc1ccc(CNc2nc(N)nc3[nH]c4cc(C)c(O)cc4c23)cc1. The molecule has 2 heterocycles. The molecule has 2 aromatic carbocycles. The summed E-state index contributed by atoms with van der Waals surface area (Å²) in [7, 11) is 0. The molecule has 0 atom stereocenters. The molecule has 4 aromatic rings. The number of aromatic nitrogens is 3. The lowest BCUT2D eigenvalue weighted by Gasteiger charge is -2.08. The standard InChI is InChI=1S/C19H19N5O/c1-10-3-5-12(6-4-10)9-21-17-16-13-8-15(25)11(2)7-14(13)22-18(16)24-19(20)23-17/h3-8,25H,9H2,1-2H3,(H4,20,21,22,23,24). The van der Waals surface area contributed by atoms with Gasteiger partial charge in [0.25, 0.3) is 0 Å². The zero-order valence-corrected chi connectivity index (χ0v) is 14.1. The van der Waals surface area contributed by atoms with Gasteiger partial charge >= 0.3 is 0 Å². The van der Waals surface area contributed by atoms with Gasteiger partial charge in [-0.15, -0.1) is 0 Å². The predicted molar refractivity (Wildman–Crippen MR) is 101 cm³/mol. The highest BCUT2D eigenvalue weighted by atomic mass is 16.3. The van der Waals surface area contributed by atoms with E-state index in [9.17, 15) is 5.11 Å². The van der Waals surface area contributed by atoms with Crippen LogP contribution in [0.4, 0.5) is 11.8 Å². The van der Waals surface area contributed by atoms with Crippen molar-refractivity contribution >= 4 is 33.7 Å². The molecule has 0 fully saturated rings. The number of rotatable bonds is 3. The molecule has 0 bridgehead atoms. The number of nitrogens with two attached hydrogens (primary N) is 1. The van der Waals surface area contributed by atoms with Gasteiger partial charge in [-0.2, -0.15) is 9.97 Å². The minimum absolute atomic E-state index is 0.200. The summed E-state index contributed by atoms with van der Waals surface area (Å²) in [5.41, 5.74) is 10.6. The quantitative estimate of drug-likeness (QED) is 0.459. The number of aryl methyl sites for hydroxylation is 2. The molecule has 126 valence electrons. The van der Waals surface area contributed by atoms with Crippen molar-refractivity contribution < 1.29 is 5.11 Å². The molecule has 0 unspecified atom stereocenters. The average Bonchev–Trinajstić information content (AvgIpc) is 2.91. The van der Waals surface area contributed by atoms with E-state index in [2.05, 4.69) is 51.5 Å². The minimum Gasteiger partial charge on any atom is -0.508 e. The zero-order chi connectivity index (χ0) is 17.6. The summed E-state index contributed by atoms with van der Waals surface area (Å²) in [6.07, 6.45) is 0. The third-order valence-electron chi connectivity index (χ3n) is 4.37. The van der Waals surface area contributed by atoms with Crippen LogP contribution < -0.4 is 11.1 Å². The van der Waals surface area contributed by atoms with Crippen molar-refractivity contribution in [2.45, 2.75) is 20.4 Å². The van der Waals surface area contributed by atoms with E-state index in [0.29, 0.717) is 18.0 Å². The topological polar surface area (TPSA) is 99.9 Å². The number of aromatic amines is 1. The first-order chi connectivity index (χ1) is 12.0. The number of nitrogen functional groups attached to an aromatic ring is 1. The minimum atomic E-state index is 0.200. The van der Waals surface area contributed by atoms with Crippen LogP contribution in [0.3, 0.4) is 0 Å². The Bertz CT molecular complexity index is 1080. The molecule has 0 radical (unpaired) electrons. The second-order valence-electron chi connectivity index (χ2n) is 6.30. The molecule has 25 heavy (non-hydrogen) atoms. The van der Waals surface area contributed by atoms with E-state index in [1.807, 2.05) is 13.0 Å². The Hall–Kier alpha value is -3.28. The van der Waals surface area contributed by atoms with Crippen molar-refractivity contribution in [1.29, 1.82) is 0 Å². The number of nitrogens with one attached hydrogen (secondary N) is 2. The van der Waals surface area contributed by atoms with Crippen LogP contribution in [0.5, 0.6) is 5.75 Å². The van der Waals surface area contributed by atoms with E-state index in [4.69, 9.17) is 5.73 Å². The molecule has 5 N–H and O–H groups in total. The zero-order valence-electron chi connectivity index (χ0n) is 14.1. The van der Waals surface area contributed by atoms with Gasteiger partial charge in [-0.25, -0.2) is 0 Å². The molecular formula is C19H19N5O. The number of hydrogen-bond donors (Lipinski definition) is 4. The third kappa shape index (κ3) is 2.71. The van der Waals surface area contributed by atoms with Crippen LogP contribution in [0.15, 0.2) is 36.4 Å². The summed E-state index contributed by atoms with van der Waals surface area (Å²) < 4.78 is 0. The van der Waals surface area contributed by atoms with Crippen molar-refractivity contribution in [3.8, 4) is 5.75 Å². The van der Waals surface area contributed by atoms with Crippen LogP contribution >= 0.6 is 0 Å². The van der Waals surface area contributed by atoms with Crippen molar-refractivity contribution in [3.63, 3.8) is 0 Å². The smallest absolute Gasteiger partial charge is 0.223 e. The number of aromatic hydroxyl groups is 1. The Labute approximate surface area is 144 Å². The number of anilines is 2. The highest BCUT2D eigenvalue weighted by molar-refractivity contribution is 6.12. The van der Waals surface area contributed by atoms with E-state index in [1.54, 1.807) is 6.07 Å². The number of benzene rings is 2. The van der Waals surface area contributed by atoms with Crippen LogP contribution in [-0.2, 0) is 6.54 Å². The second-order valence-corrected chi connectivity index (χ2v) is 6.30. The summed E-state index contributed by atoms with van der Waals surface area (Å²) in [4.78, 5) is 11.9. The predicted octanol–water partition coefficient (Wildman–Crippen LogP) is 3.63. The molecule has 6 nitrogen and oxygen atoms in total. The van der Waals surface area contributed by atoms with Crippen LogP contribution in [0.25, 0.3) is 21.9 Å². The van der Waals surface area contributed by atoms with E-state index in [-0.39, 0.29) is 11.7 Å². The van der Waals surface area contributed by atoms with Crippen molar-refractivity contribution in [2.24, 2.45) is 0 Å². The Kier molecular flexibility index (Phi) is 3.46. The average molecular weight is 333 g/mol. The molecule has 2 aromatic heterocycles. The van der Waals surface area contributed by atoms with E-state index in [1.165, 1.54) is 5.56 Å². The van der Waals surface area contributed by atoms with E-state index < -0.39 is 0 Å². The molecule has 0 saturated heterocycles. The first-order valence-corrected chi connectivity index (χ1v) is 8.09. The fourth-order valence-electron chi connectivity index (χ4n) is 2.98. The molecular weight excluding hydrogens is 314 g/mol. The number of hydrogen-bond acceptors (Lipinski definition) is 5. The van der Waals surface area contributed by atoms with Gasteiger partial charge in [-0.3, -0.25) is 0 Å². The largest absolute Gasteiger partial charge is 0.508 e. The fourth-order valence-corrected chi connectivity index (χ4v) is 2.98. The van der Waals surface area contributed by atoms with Gasteiger partial charge in [-0.1, -0.05) is 29.8 Å². The normalized spacial score (nSPS) is 11.3. The highest BCUT2D eigenvalue weighted by Gasteiger charge is 2.14. The Balaban J connectivity index is 1.81. The van der Waals surface area contributed by atoms with Crippen LogP contribution in [-0.4, -0.2) is 20.1 Å². The fraction of sp³-hybridized carbons (Fsp3) is 0.158. The van der Waals surface area contributed by atoms with Gasteiger partial charge in [0.1, 0.15) is 17.2 Å². The van der Waals surface area contributed by atoms with Gasteiger partial charge in [0.15, 0.2) is 0 Å². The number of phenolic OH excluding ortho intramolecular Hbond substituents is 1. The first kappa shape index (κ1) is 15.3. The highest BCUT2D eigenvalue weighted by Crippen LogP contribution is 2.33. The molecule has 0 saturated carbocycles. The van der Waals surface area contributed by atoms with Crippen LogP contribution in [0, 0.1) is 13.8 Å². The van der Waals surface area contributed by atoms with Crippen molar-refractivity contribution in [2.75, 3.05) is 11.1 Å². The van der Waals surface area contributed by atoms with E-state index >= 15 is 0 Å². The molecule has 6 heteroatoms. The summed E-state index contributed by atoms with van der Waals surface area (Å²) in [5, 5.41) is 15.1. The lowest BCUT2D eigenvalue weighted by atomic mass is 10.1. The molecule has 0 aliphatic rings. The Morgan fingerprint density at radius 3 is 2.64 bits per heavy atom. The Morgan fingerprint density at radius 2 is 1.88 bits per heavy atom. The maximum Gasteiger partial charge on any atom is 0.223 e. The van der Waals surface area contributed by atoms with Gasteiger partial charge in [0.05, 0.1) is 5.39 Å². The number of fused-ring (bicyclic) bond motifs is 3. The summed E-state index contributed by atoms with van der Waals surface area (Å²) in [6.45, 7) is 4.54. The summed E-state index contributed by atoms with van der Waals surface area (Å²) >= 11 is 0. The lowest BCUT2D eigenvalue weighted by Crippen LogP contribution is -2.05. The van der Waals surface area contributed by atoms with Gasteiger partial charge in [0.2, 0.25) is 5.95 Å². The molecule has 4 rings (SSSR count). The number of H-pyrrole nitrogens is 1. The molecule has 0 aliphatic carbocycles. The third-order valence-corrected chi connectivity index (χ3v) is 4.37. The summed E-state index contributed by atoms with van der Waals surface area (Å²) in [6, 6.07) is 11.9. The number of phenols is 1. The monoisotopic (exact) mass is 333 g/mol. The van der Waals surface area contributed by atoms with Crippen LogP contribution in [0.1, 0.15) is 16.7 Å². The maximum atomic E-state index is 10.1.